The third-order valence-corrected chi connectivity index (χ3v) is 6.07. The number of nitrogens with one attached hydrogen (secondary N) is 1. The number of hydrogen-bond acceptors (Lipinski definition) is 7. The van der Waals surface area contributed by atoms with Crippen LogP contribution in [-0.2, 0) is 4.79 Å². The van der Waals surface area contributed by atoms with Crippen LogP contribution < -0.4 is 5.32 Å². The molecule has 0 spiro atoms. The van der Waals surface area contributed by atoms with Crippen LogP contribution in [0.5, 0.6) is 0 Å². The van der Waals surface area contributed by atoms with Crippen molar-refractivity contribution in [3.63, 3.8) is 0 Å². The van der Waals surface area contributed by atoms with Gasteiger partial charge < -0.3 is 5.32 Å². The van der Waals surface area contributed by atoms with Crippen molar-refractivity contribution in [2.75, 3.05) is 16.8 Å². The summed E-state index contributed by atoms with van der Waals surface area (Å²) in [5.74, 6) is 1.25. The number of thioether (sulfide) groups is 2. The molecule has 23 heavy (non-hydrogen) atoms. The number of benzene rings is 1. The smallest absolute Gasteiger partial charge is 0.221 e. The fraction of sp³-hybridized carbons (Fsp3) is 0.333. The lowest BCUT2D eigenvalue weighted by molar-refractivity contribution is -0.114. The second-order valence-corrected chi connectivity index (χ2v) is 8.19. The third-order valence-electron chi connectivity index (χ3n) is 2.67. The van der Waals surface area contributed by atoms with E-state index in [4.69, 9.17) is 0 Å². The van der Waals surface area contributed by atoms with Crippen molar-refractivity contribution in [3.8, 4) is 0 Å². The van der Waals surface area contributed by atoms with Gasteiger partial charge in [-0.2, -0.15) is 0 Å². The van der Waals surface area contributed by atoms with Crippen molar-refractivity contribution in [2.45, 2.75) is 28.9 Å². The fourth-order valence-corrected chi connectivity index (χ4v) is 4.50. The molecule has 0 bridgehead atoms. The zero-order valence-corrected chi connectivity index (χ0v) is 15.3. The summed E-state index contributed by atoms with van der Waals surface area (Å²) in [5, 5.41) is 10.9. The third kappa shape index (κ3) is 5.96. The van der Waals surface area contributed by atoms with E-state index in [0.717, 1.165) is 20.9 Å². The molecule has 0 saturated heterocycles. The first-order chi connectivity index (χ1) is 11.1. The normalized spacial score (nSPS) is 10.5. The summed E-state index contributed by atoms with van der Waals surface area (Å²) in [7, 11) is 0. The average Bonchev–Trinajstić information content (AvgIpc) is 2.98. The first kappa shape index (κ1) is 18.0. The number of amides is 1. The molecular formula is C15H17N3O2S3. The molecule has 0 saturated carbocycles. The summed E-state index contributed by atoms with van der Waals surface area (Å²) < 4.78 is 1.76. The Bertz CT molecular complexity index is 671. The molecule has 1 heterocycles. The Morgan fingerprint density at radius 2 is 1.78 bits per heavy atom. The highest BCUT2D eigenvalue weighted by Crippen LogP contribution is 2.29. The van der Waals surface area contributed by atoms with Crippen LogP contribution in [0.15, 0.2) is 32.9 Å². The number of carbonyl (C=O) groups is 2. The predicted octanol–water partition coefficient (Wildman–Crippen LogP) is 3.97. The molecule has 1 aromatic carbocycles. The van der Waals surface area contributed by atoms with Gasteiger partial charge in [0.25, 0.3) is 0 Å². The second kappa shape index (κ2) is 9.05. The van der Waals surface area contributed by atoms with Gasteiger partial charge in [-0.25, -0.2) is 0 Å². The molecule has 5 nitrogen and oxygen atoms in total. The number of carbonyl (C=O) groups excluding carboxylic acids is 2. The first-order valence-corrected chi connectivity index (χ1v) is 9.87. The second-order valence-electron chi connectivity index (χ2n) is 4.65. The highest BCUT2D eigenvalue weighted by Gasteiger charge is 2.10. The summed E-state index contributed by atoms with van der Waals surface area (Å²) in [4.78, 5) is 23.1. The zero-order chi connectivity index (χ0) is 16.7. The minimum absolute atomic E-state index is 0.0299. The van der Waals surface area contributed by atoms with Crippen molar-refractivity contribution in [1.82, 2.24) is 10.2 Å². The van der Waals surface area contributed by atoms with Crippen molar-refractivity contribution >= 4 is 52.2 Å². The van der Waals surface area contributed by atoms with Gasteiger partial charge in [0.2, 0.25) is 5.91 Å². The molecule has 122 valence electrons. The van der Waals surface area contributed by atoms with Crippen LogP contribution in [0.2, 0.25) is 0 Å². The molecule has 2 rings (SSSR count). The number of hydrogen-bond donors (Lipinski definition) is 1. The van der Waals surface area contributed by atoms with Crippen LogP contribution in [0.25, 0.3) is 0 Å². The SMILES string of the molecule is CCCSc1nnc(SCC(=O)c2ccc(NC(C)=O)cc2)s1. The van der Waals surface area contributed by atoms with Crippen LogP contribution in [0.1, 0.15) is 30.6 Å². The Labute approximate surface area is 147 Å². The van der Waals surface area contributed by atoms with Gasteiger partial charge in [-0.3, -0.25) is 9.59 Å². The summed E-state index contributed by atoms with van der Waals surface area (Å²) in [6.07, 6.45) is 1.10. The maximum atomic E-state index is 12.2. The Balaban J connectivity index is 1.86. The number of Topliss-reactive ketones (excluding diaryl/α,β-unsaturated/α-hetero) is 1. The van der Waals surface area contributed by atoms with Gasteiger partial charge in [0, 0.05) is 23.9 Å². The summed E-state index contributed by atoms with van der Waals surface area (Å²) in [6, 6.07) is 6.89. The maximum Gasteiger partial charge on any atom is 0.221 e. The molecule has 1 N–H and O–H groups in total. The molecule has 0 atom stereocenters. The fourth-order valence-electron chi connectivity index (χ4n) is 1.66. The van der Waals surface area contributed by atoms with Crippen LogP contribution in [0, 0.1) is 0 Å². The van der Waals surface area contributed by atoms with E-state index in [0.29, 0.717) is 17.0 Å². The lowest BCUT2D eigenvalue weighted by Crippen LogP contribution is -2.06. The zero-order valence-electron chi connectivity index (χ0n) is 12.9. The van der Waals surface area contributed by atoms with E-state index in [-0.39, 0.29) is 11.7 Å². The van der Waals surface area contributed by atoms with Gasteiger partial charge in [-0.05, 0) is 30.7 Å². The summed E-state index contributed by atoms with van der Waals surface area (Å²) >= 11 is 4.62. The molecular weight excluding hydrogens is 350 g/mol. The average molecular weight is 368 g/mol. The van der Waals surface area contributed by atoms with Crippen molar-refractivity contribution in [1.29, 1.82) is 0 Å². The molecule has 0 unspecified atom stereocenters. The van der Waals surface area contributed by atoms with Crippen molar-refractivity contribution in [3.05, 3.63) is 29.8 Å². The van der Waals surface area contributed by atoms with E-state index >= 15 is 0 Å². The predicted molar refractivity (Wildman–Crippen MR) is 96.7 cm³/mol. The Morgan fingerprint density at radius 3 is 2.39 bits per heavy atom. The van der Waals surface area contributed by atoms with E-state index in [1.54, 1.807) is 36.0 Å². The van der Waals surface area contributed by atoms with Gasteiger partial charge in [0.15, 0.2) is 14.5 Å². The Kier molecular flexibility index (Phi) is 7.07. The van der Waals surface area contributed by atoms with Crippen LogP contribution in [0.3, 0.4) is 0 Å². The highest BCUT2D eigenvalue weighted by molar-refractivity contribution is 8.03. The molecule has 0 fully saturated rings. The number of nitrogens with zero attached hydrogens (tertiary/aromatic N) is 2. The number of rotatable bonds is 8. The van der Waals surface area contributed by atoms with E-state index in [9.17, 15) is 9.59 Å². The van der Waals surface area contributed by atoms with Crippen LogP contribution >= 0.6 is 34.9 Å². The molecule has 0 aliphatic rings. The number of aromatic nitrogens is 2. The van der Waals surface area contributed by atoms with Gasteiger partial charge in [-0.15, -0.1) is 10.2 Å². The molecule has 1 aromatic heterocycles. The molecule has 2 aromatic rings. The lowest BCUT2D eigenvalue weighted by atomic mass is 10.1. The topological polar surface area (TPSA) is 72.0 Å². The molecule has 0 aliphatic carbocycles. The number of ketones is 1. The standard InChI is InChI=1S/C15H17N3O2S3/c1-3-8-21-14-17-18-15(23-14)22-9-13(20)11-4-6-12(7-5-11)16-10(2)19/h4-7H,3,8-9H2,1-2H3,(H,16,19). The largest absolute Gasteiger partial charge is 0.326 e. The Morgan fingerprint density at radius 1 is 1.13 bits per heavy atom. The molecule has 0 radical (unpaired) electrons. The van der Waals surface area contributed by atoms with Gasteiger partial charge in [0.1, 0.15) is 0 Å². The van der Waals surface area contributed by atoms with E-state index in [1.165, 1.54) is 30.0 Å². The van der Waals surface area contributed by atoms with Crippen molar-refractivity contribution < 1.29 is 9.59 Å². The minimum atomic E-state index is -0.132. The Hall–Kier alpha value is -1.38. The van der Waals surface area contributed by atoms with Gasteiger partial charge >= 0.3 is 0 Å². The molecule has 8 heteroatoms. The molecule has 1 amide bonds. The quantitative estimate of drug-likeness (QED) is 0.562. The monoisotopic (exact) mass is 367 g/mol. The first-order valence-electron chi connectivity index (χ1n) is 7.08. The van der Waals surface area contributed by atoms with Crippen LogP contribution in [0.4, 0.5) is 5.69 Å². The van der Waals surface area contributed by atoms with E-state index in [1.807, 2.05) is 0 Å². The van der Waals surface area contributed by atoms with E-state index in [2.05, 4.69) is 22.4 Å². The van der Waals surface area contributed by atoms with E-state index < -0.39 is 0 Å². The van der Waals surface area contributed by atoms with Gasteiger partial charge in [0.05, 0.1) is 5.75 Å². The number of anilines is 1. The summed E-state index contributed by atoms with van der Waals surface area (Å²) in [5.41, 5.74) is 1.31. The lowest BCUT2D eigenvalue weighted by Gasteiger charge is -2.03. The minimum Gasteiger partial charge on any atom is -0.326 e. The molecule has 0 aliphatic heterocycles. The van der Waals surface area contributed by atoms with Crippen molar-refractivity contribution in [2.24, 2.45) is 0 Å². The summed E-state index contributed by atoms with van der Waals surface area (Å²) in [6.45, 7) is 3.57. The van der Waals surface area contributed by atoms with Crippen LogP contribution in [-0.4, -0.2) is 33.4 Å². The maximum absolute atomic E-state index is 12.2. The van der Waals surface area contributed by atoms with Gasteiger partial charge in [-0.1, -0.05) is 41.8 Å². The highest BCUT2D eigenvalue weighted by atomic mass is 32.2.